The smallest absolute Gasteiger partial charge is 0.172 e. The number of benzene rings is 9. The molecule has 0 radical (unpaired) electrons. The van der Waals surface area contributed by atoms with Gasteiger partial charge >= 0.3 is 0 Å². The van der Waals surface area contributed by atoms with Crippen molar-refractivity contribution < 1.29 is 9.47 Å². The first-order valence-electron chi connectivity index (χ1n) is 19.2. The minimum absolute atomic E-state index is 0.122. The number of hydrogen-bond donors (Lipinski definition) is 0. The van der Waals surface area contributed by atoms with Crippen LogP contribution in [0.15, 0.2) is 200 Å². The highest BCUT2D eigenvalue weighted by molar-refractivity contribution is 6.15. The van der Waals surface area contributed by atoms with E-state index in [0.717, 1.165) is 34.9 Å². The lowest BCUT2D eigenvalue weighted by Crippen LogP contribution is -2.30. The molecule has 1 aliphatic carbocycles. The van der Waals surface area contributed by atoms with E-state index in [1.807, 2.05) is 12.1 Å². The fourth-order valence-electron chi connectivity index (χ4n) is 8.57. The van der Waals surface area contributed by atoms with Crippen LogP contribution in [0.2, 0.25) is 0 Å². The summed E-state index contributed by atoms with van der Waals surface area (Å²) >= 11 is 0. The number of hydrogen-bond acceptors (Lipinski definition) is 4. The van der Waals surface area contributed by atoms with E-state index in [9.17, 15) is 0 Å². The van der Waals surface area contributed by atoms with Crippen molar-refractivity contribution in [3.63, 3.8) is 0 Å². The zero-order chi connectivity index (χ0) is 37.0. The van der Waals surface area contributed by atoms with Crippen LogP contribution >= 0.6 is 0 Å². The molecule has 1 atom stereocenters. The van der Waals surface area contributed by atoms with Crippen LogP contribution in [0.3, 0.4) is 0 Å². The summed E-state index contributed by atoms with van der Waals surface area (Å²) < 4.78 is 13.4. The molecule has 0 bridgehead atoms. The summed E-state index contributed by atoms with van der Waals surface area (Å²) in [6.07, 6.45) is 9.70. The fourth-order valence-corrected chi connectivity index (χ4v) is 8.57. The number of nitrogens with zero attached hydrogens (tertiary/aromatic N) is 2. The lowest BCUT2D eigenvalue weighted by atomic mass is 9.97. The maximum Gasteiger partial charge on any atom is 0.172 e. The summed E-state index contributed by atoms with van der Waals surface area (Å²) in [5, 5.41) is 9.74. The molecule has 0 amide bonds. The maximum absolute atomic E-state index is 6.72. The number of para-hydroxylation sites is 1. The Hall–Kier alpha value is -7.30. The molecule has 1 aliphatic heterocycles. The molecule has 266 valence electrons. The van der Waals surface area contributed by atoms with Crippen LogP contribution in [-0.2, 0) is 0 Å². The summed E-state index contributed by atoms with van der Waals surface area (Å²) in [6.45, 7) is 0. The van der Waals surface area contributed by atoms with Gasteiger partial charge in [-0.15, -0.1) is 0 Å². The molecule has 4 nitrogen and oxygen atoms in total. The number of fused-ring (bicyclic) bond motifs is 8. The first kappa shape index (κ1) is 32.2. The molecule has 56 heavy (non-hydrogen) atoms. The van der Waals surface area contributed by atoms with Crippen molar-refractivity contribution in [3.8, 4) is 23.0 Å². The zero-order valence-electron chi connectivity index (χ0n) is 30.5. The molecule has 2 aliphatic rings. The quantitative estimate of drug-likeness (QED) is 0.160. The summed E-state index contributed by atoms with van der Waals surface area (Å²) in [5.41, 5.74) is 5.33. The predicted octanol–water partition coefficient (Wildman–Crippen LogP) is 14.7. The van der Waals surface area contributed by atoms with Gasteiger partial charge in [0, 0.05) is 34.3 Å². The van der Waals surface area contributed by atoms with E-state index in [1.165, 1.54) is 43.1 Å². The van der Waals surface area contributed by atoms with Gasteiger partial charge in [-0.25, -0.2) is 0 Å². The number of anilines is 5. The van der Waals surface area contributed by atoms with Crippen LogP contribution in [0, 0.1) is 0 Å². The SMILES string of the molecule is C1=CCC(N(c2ccc3c(c2)Oc2ccc(N(c4ccccc4)c4cc5ccccc5c5ccccc45)cc2O3)c2cc3ccccc3c3ccccc23)C=C1. The van der Waals surface area contributed by atoms with Crippen molar-refractivity contribution in [2.45, 2.75) is 12.5 Å². The van der Waals surface area contributed by atoms with Crippen molar-refractivity contribution >= 4 is 71.5 Å². The molecule has 9 aromatic carbocycles. The van der Waals surface area contributed by atoms with Crippen molar-refractivity contribution in [1.29, 1.82) is 0 Å². The second-order valence-electron chi connectivity index (χ2n) is 14.4. The van der Waals surface area contributed by atoms with E-state index in [1.54, 1.807) is 0 Å². The minimum atomic E-state index is 0.122. The van der Waals surface area contributed by atoms with Crippen molar-refractivity contribution in [1.82, 2.24) is 0 Å². The molecule has 1 heterocycles. The van der Waals surface area contributed by atoms with Crippen molar-refractivity contribution in [2.24, 2.45) is 0 Å². The van der Waals surface area contributed by atoms with Gasteiger partial charge in [0.1, 0.15) is 0 Å². The Kier molecular flexibility index (Phi) is 7.59. The van der Waals surface area contributed by atoms with Gasteiger partial charge in [-0.1, -0.05) is 140 Å². The molecule has 9 aromatic rings. The number of ether oxygens (including phenoxy) is 2. The molecular formula is C52H36N2O2. The Bertz CT molecular complexity index is 3040. The Labute approximate surface area is 325 Å². The average Bonchev–Trinajstić information content (AvgIpc) is 3.26. The third-order valence-corrected chi connectivity index (χ3v) is 11.1. The third kappa shape index (κ3) is 5.38. The van der Waals surface area contributed by atoms with Gasteiger partial charge in [-0.05, 0) is 87.3 Å². The molecule has 1 unspecified atom stereocenters. The van der Waals surface area contributed by atoms with E-state index < -0.39 is 0 Å². The van der Waals surface area contributed by atoms with Gasteiger partial charge in [0.05, 0.1) is 23.1 Å². The molecule has 0 N–H and O–H groups in total. The predicted molar refractivity (Wildman–Crippen MR) is 233 cm³/mol. The second kappa shape index (κ2) is 13.2. The van der Waals surface area contributed by atoms with Crippen LogP contribution in [0.4, 0.5) is 28.4 Å². The maximum atomic E-state index is 6.72. The van der Waals surface area contributed by atoms with Crippen molar-refractivity contribution in [2.75, 3.05) is 9.80 Å². The van der Waals surface area contributed by atoms with Gasteiger partial charge in [0.25, 0.3) is 0 Å². The van der Waals surface area contributed by atoms with Gasteiger partial charge in [-0.2, -0.15) is 0 Å². The lowest BCUT2D eigenvalue weighted by Gasteiger charge is -2.34. The minimum Gasteiger partial charge on any atom is -0.449 e. The molecule has 0 spiro atoms. The summed E-state index contributed by atoms with van der Waals surface area (Å²) in [4.78, 5) is 4.76. The average molecular weight is 721 g/mol. The third-order valence-electron chi connectivity index (χ3n) is 11.1. The van der Waals surface area contributed by atoms with Gasteiger partial charge < -0.3 is 19.3 Å². The van der Waals surface area contributed by atoms with E-state index in [-0.39, 0.29) is 6.04 Å². The zero-order valence-corrected chi connectivity index (χ0v) is 30.5. The highest BCUT2D eigenvalue weighted by atomic mass is 16.6. The second-order valence-corrected chi connectivity index (χ2v) is 14.4. The highest BCUT2D eigenvalue weighted by Gasteiger charge is 2.27. The fraction of sp³-hybridized carbons (Fsp3) is 0.0385. The van der Waals surface area contributed by atoms with Crippen molar-refractivity contribution in [3.05, 3.63) is 200 Å². The monoisotopic (exact) mass is 720 g/mol. The summed E-state index contributed by atoms with van der Waals surface area (Å²) in [6, 6.07) is 62.5. The summed E-state index contributed by atoms with van der Waals surface area (Å²) in [7, 11) is 0. The van der Waals surface area contributed by atoms with E-state index in [2.05, 4.69) is 198 Å². The Morgan fingerprint density at radius 1 is 0.393 bits per heavy atom. The Morgan fingerprint density at radius 2 is 0.911 bits per heavy atom. The van der Waals surface area contributed by atoms with Gasteiger partial charge in [0.2, 0.25) is 0 Å². The Morgan fingerprint density at radius 3 is 1.54 bits per heavy atom. The van der Waals surface area contributed by atoms with E-state index >= 15 is 0 Å². The number of allylic oxidation sites excluding steroid dienone is 2. The lowest BCUT2D eigenvalue weighted by molar-refractivity contribution is 0.360. The summed E-state index contributed by atoms with van der Waals surface area (Å²) in [5.74, 6) is 2.72. The first-order chi connectivity index (χ1) is 27.8. The normalized spacial score (nSPS) is 14.3. The van der Waals surface area contributed by atoms with E-state index in [4.69, 9.17) is 9.47 Å². The Balaban J connectivity index is 1.01. The number of rotatable bonds is 6. The topological polar surface area (TPSA) is 24.9 Å². The molecule has 11 rings (SSSR count). The standard InChI is InChI=1S/C52H36N2O2/c1-3-17-37(18-4-1)53(47-31-35-15-7-9-21-41(35)43-23-11-13-25-45(43)47)39-27-29-49-51(33-39)55-50-30-28-40(34-52(50)56-49)54(38-19-5-2-6-20-38)48-32-36-16-8-10-22-42(36)44-24-12-14-26-46(44)48/h1-19,21-34,38H,20H2. The van der Waals surface area contributed by atoms with Crippen LogP contribution in [0.1, 0.15) is 6.42 Å². The highest BCUT2D eigenvalue weighted by Crippen LogP contribution is 2.51. The molecule has 0 fully saturated rings. The van der Waals surface area contributed by atoms with Crippen LogP contribution in [0.5, 0.6) is 23.0 Å². The largest absolute Gasteiger partial charge is 0.449 e. The van der Waals surface area contributed by atoms with Gasteiger partial charge in [-0.3, -0.25) is 0 Å². The molecular weight excluding hydrogens is 685 g/mol. The van der Waals surface area contributed by atoms with Crippen LogP contribution < -0.4 is 19.3 Å². The first-order valence-corrected chi connectivity index (χ1v) is 19.2. The molecule has 0 saturated heterocycles. The van der Waals surface area contributed by atoms with Crippen LogP contribution in [0.25, 0.3) is 43.1 Å². The van der Waals surface area contributed by atoms with E-state index in [0.29, 0.717) is 23.0 Å². The molecule has 0 aromatic heterocycles. The van der Waals surface area contributed by atoms with Gasteiger partial charge in [0.15, 0.2) is 23.0 Å². The molecule has 4 heteroatoms. The molecule has 0 saturated carbocycles. The van der Waals surface area contributed by atoms with Crippen LogP contribution in [-0.4, -0.2) is 6.04 Å².